The van der Waals surface area contributed by atoms with Gasteiger partial charge in [-0.1, -0.05) is 27.5 Å². The Bertz CT molecular complexity index is 722. The van der Waals surface area contributed by atoms with Crippen LogP contribution in [0.3, 0.4) is 0 Å². The molecule has 0 saturated carbocycles. The minimum Gasteiger partial charge on any atom is -0.493 e. The number of halogens is 2. The van der Waals surface area contributed by atoms with Crippen LogP contribution in [0, 0.1) is 0 Å². The Hall–Kier alpha value is -1.92. The van der Waals surface area contributed by atoms with E-state index >= 15 is 0 Å². The van der Waals surface area contributed by atoms with E-state index in [0.717, 1.165) is 10.0 Å². The summed E-state index contributed by atoms with van der Waals surface area (Å²) in [7, 11) is 3.18. The van der Waals surface area contributed by atoms with Gasteiger partial charge >= 0.3 is 0 Å². The van der Waals surface area contributed by atoms with Gasteiger partial charge in [-0.25, -0.2) is 0 Å². The average Bonchev–Trinajstić information content (AvgIpc) is 2.62. The van der Waals surface area contributed by atoms with Gasteiger partial charge in [0.25, 0.3) is 5.91 Å². The Kier molecular flexibility index (Phi) is 7.40. The van der Waals surface area contributed by atoms with Gasteiger partial charge in [0, 0.05) is 16.0 Å². The molecule has 134 valence electrons. The molecule has 0 radical (unpaired) electrons. The molecule has 0 aliphatic heterocycles. The number of hydrogen-bond donors (Lipinski definition) is 1. The van der Waals surface area contributed by atoms with E-state index in [0.29, 0.717) is 35.2 Å². The Morgan fingerprint density at radius 1 is 1.12 bits per heavy atom. The van der Waals surface area contributed by atoms with Crippen LogP contribution in [0.15, 0.2) is 40.9 Å². The van der Waals surface area contributed by atoms with Crippen molar-refractivity contribution in [3.05, 3.63) is 51.5 Å². The number of nitrogens with one attached hydrogen (secondary N) is 1. The van der Waals surface area contributed by atoms with Gasteiger partial charge in [0.15, 0.2) is 18.1 Å². The van der Waals surface area contributed by atoms with Crippen molar-refractivity contribution < 1.29 is 19.0 Å². The van der Waals surface area contributed by atoms with Crippen LogP contribution < -0.4 is 19.5 Å². The molecule has 0 unspecified atom stereocenters. The SMILES string of the molecule is COc1cc(Br)c(CCNC(=O)COc2ccc(Cl)cc2)cc1OC. The number of hydrogen-bond acceptors (Lipinski definition) is 4. The van der Waals surface area contributed by atoms with Crippen molar-refractivity contribution >= 4 is 33.4 Å². The summed E-state index contributed by atoms with van der Waals surface area (Å²) in [5, 5.41) is 3.45. The van der Waals surface area contributed by atoms with Crippen LogP contribution in [-0.4, -0.2) is 33.3 Å². The third-order valence-corrected chi connectivity index (χ3v) is 4.44. The van der Waals surface area contributed by atoms with E-state index in [-0.39, 0.29) is 12.5 Å². The van der Waals surface area contributed by atoms with Gasteiger partial charge in [-0.3, -0.25) is 4.79 Å². The van der Waals surface area contributed by atoms with Crippen molar-refractivity contribution in [2.75, 3.05) is 27.4 Å². The first-order valence-electron chi connectivity index (χ1n) is 7.59. The Morgan fingerprint density at radius 2 is 1.76 bits per heavy atom. The van der Waals surface area contributed by atoms with E-state index in [2.05, 4.69) is 21.2 Å². The van der Waals surface area contributed by atoms with Gasteiger partial charge in [0.1, 0.15) is 5.75 Å². The fourth-order valence-electron chi connectivity index (χ4n) is 2.16. The Labute approximate surface area is 160 Å². The molecule has 2 rings (SSSR count). The lowest BCUT2D eigenvalue weighted by atomic mass is 10.1. The fraction of sp³-hybridized carbons (Fsp3) is 0.278. The van der Waals surface area contributed by atoms with Crippen LogP contribution in [0.1, 0.15) is 5.56 Å². The summed E-state index contributed by atoms with van der Waals surface area (Å²) in [6.45, 7) is 0.436. The summed E-state index contributed by atoms with van der Waals surface area (Å²) in [6, 6.07) is 10.6. The molecular formula is C18H19BrClNO4. The Balaban J connectivity index is 1.81. The lowest BCUT2D eigenvalue weighted by molar-refractivity contribution is -0.123. The minimum absolute atomic E-state index is 0.0469. The van der Waals surface area contributed by atoms with Crippen molar-refractivity contribution in [3.8, 4) is 17.2 Å². The number of carbonyl (C=O) groups is 1. The van der Waals surface area contributed by atoms with E-state index in [1.165, 1.54) is 0 Å². The number of benzene rings is 2. The standard InChI is InChI=1S/C18H19BrClNO4/c1-23-16-9-12(15(19)10-17(16)24-2)7-8-21-18(22)11-25-14-5-3-13(20)4-6-14/h3-6,9-10H,7-8,11H2,1-2H3,(H,21,22). The molecule has 0 heterocycles. The van der Waals surface area contributed by atoms with Crippen molar-refractivity contribution in [2.24, 2.45) is 0 Å². The molecule has 1 N–H and O–H groups in total. The van der Waals surface area contributed by atoms with Gasteiger partial charge in [-0.05, 0) is 48.4 Å². The maximum atomic E-state index is 11.9. The molecule has 2 aromatic carbocycles. The second kappa shape index (κ2) is 9.53. The lowest BCUT2D eigenvalue weighted by Gasteiger charge is -2.12. The predicted molar refractivity (Wildman–Crippen MR) is 101 cm³/mol. The van der Waals surface area contributed by atoms with E-state index < -0.39 is 0 Å². The summed E-state index contributed by atoms with van der Waals surface area (Å²) in [5.74, 6) is 1.71. The molecular weight excluding hydrogens is 410 g/mol. The molecule has 0 aliphatic rings. The van der Waals surface area contributed by atoms with Crippen molar-refractivity contribution in [1.82, 2.24) is 5.32 Å². The minimum atomic E-state index is -0.188. The van der Waals surface area contributed by atoms with Crippen LogP contribution in [-0.2, 0) is 11.2 Å². The van der Waals surface area contributed by atoms with Gasteiger partial charge < -0.3 is 19.5 Å². The molecule has 7 heteroatoms. The third kappa shape index (κ3) is 5.83. The maximum absolute atomic E-state index is 11.9. The highest BCUT2D eigenvalue weighted by atomic mass is 79.9. The van der Waals surface area contributed by atoms with E-state index in [1.54, 1.807) is 38.5 Å². The second-order valence-electron chi connectivity index (χ2n) is 5.14. The highest BCUT2D eigenvalue weighted by Crippen LogP contribution is 2.33. The quantitative estimate of drug-likeness (QED) is 0.694. The molecule has 1 amide bonds. The van der Waals surface area contributed by atoms with Crippen LogP contribution in [0.4, 0.5) is 0 Å². The first-order chi connectivity index (χ1) is 12.0. The summed E-state index contributed by atoms with van der Waals surface area (Å²) >= 11 is 9.30. The van der Waals surface area contributed by atoms with Crippen molar-refractivity contribution in [1.29, 1.82) is 0 Å². The molecule has 0 fully saturated rings. The summed E-state index contributed by atoms with van der Waals surface area (Å²) in [5.41, 5.74) is 1.01. The summed E-state index contributed by atoms with van der Waals surface area (Å²) in [4.78, 5) is 11.9. The molecule has 5 nitrogen and oxygen atoms in total. The summed E-state index contributed by atoms with van der Waals surface area (Å²) < 4.78 is 16.8. The van der Waals surface area contributed by atoms with Crippen LogP contribution in [0.2, 0.25) is 5.02 Å². The van der Waals surface area contributed by atoms with Crippen molar-refractivity contribution in [2.45, 2.75) is 6.42 Å². The monoisotopic (exact) mass is 427 g/mol. The zero-order valence-electron chi connectivity index (χ0n) is 14.0. The predicted octanol–water partition coefficient (Wildman–Crippen LogP) is 3.86. The number of ether oxygens (including phenoxy) is 3. The largest absolute Gasteiger partial charge is 0.493 e. The molecule has 25 heavy (non-hydrogen) atoms. The zero-order chi connectivity index (χ0) is 18.2. The number of methoxy groups -OCH3 is 2. The molecule has 0 aliphatic carbocycles. The van der Waals surface area contributed by atoms with Crippen LogP contribution >= 0.6 is 27.5 Å². The molecule has 0 aromatic heterocycles. The maximum Gasteiger partial charge on any atom is 0.257 e. The third-order valence-electron chi connectivity index (χ3n) is 3.45. The average molecular weight is 429 g/mol. The molecule has 0 bridgehead atoms. The first-order valence-corrected chi connectivity index (χ1v) is 8.76. The van der Waals surface area contributed by atoms with Gasteiger partial charge in [-0.15, -0.1) is 0 Å². The highest BCUT2D eigenvalue weighted by Gasteiger charge is 2.10. The van der Waals surface area contributed by atoms with Gasteiger partial charge in [0.2, 0.25) is 0 Å². The normalized spacial score (nSPS) is 10.2. The van der Waals surface area contributed by atoms with E-state index in [1.807, 2.05) is 12.1 Å². The molecule has 0 spiro atoms. The lowest BCUT2D eigenvalue weighted by Crippen LogP contribution is -2.30. The molecule has 2 aromatic rings. The van der Waals surface area contributed by atoms with E-state index in [9.17, 15) is 4.79 Å². The first kappa shape index (κ1) is 19.4. The second-order valence-corrected chi connectivity index (χ2v) is 6.43. The fourth-order valence-corrected chi connectivity index (χ4v) is 2.80. The molecule has 0 atom stereocenters. The van der Waals surface area contributed by atoms with Crippen LogP contribution in [0.5, 0.6) is 17.2 Å². The highest BCUT2D eigenvalue weighted by molar-refractivity contribution is 9.10. The van der Waals surface area contributed by atoms with Gasteiger partial charge in [0.05, 0.1) is 14.2 Å². The smallest absolute Gasteiger partial charge is 0.257 e. The number of rotatable bonds is 8. The van der Waals surface area contributed by atoms with Crippen molar-refractivity contribution in [3.63, 3.8) is 0 Å². The van der Waals surface area contributed by atoms with Crippen LogP contribution in [0.25, 0.3) is 0 Å². The zero-order valence-corrected chi connectivity index (χ0v) is 16.3. The number of carbonyl (C=O) groups excluding carboxylic acids is 1. The Morgan fingerprint density at radius 3 is 2.40 bits per heavy atom. The topological polar surface area (TPSA) is 56.8 Å². The van der Waals surface area contributed by atoms with E-state index in [4.69, 9.17) is 25.8 Å². The summed E-state index contributed by atoms with van der Waals surface area (Å²) in [6.07, 6.45) is 0.646. The van der Waals surface area contributed by atoms with Gasteiger partial charge in [-0.2, -0.15) is 0 Å². The number of amides is 1. The molecule has 0 saturated heterocycles.